The zero-order chi connectivity index (χ0) is 13.0. The van der Waals surface area contributed by atoms with Gasteiger partial charge in [0.05, 0.1) is 13.8 Å². The highest BCUT2D eigenvalue weighted by molar-refractivity contribution is 5.48. The molecule has 4 nitrogen and oxygen atoms in total. The Morgan fingerprint density at radius 3 is 2.47 bits per heavy atom. The fourth-order valence-corrected chi connectivity index (χ4v) is 2.04. The van der Waals surface area contributed by atoms with Crippen LogP contribution in [-0.2, 0) is 6.54 Å². The van der Waals surface area contributed by atoms with Crippen molar-refractivity contribution in [2.75, 3.05) is 20.8 Å². The number of benzene rings is 1. The fourth-order valence-electron chi connectivity index (χ4n) is 2.04. The van der Waals surface area contributed by atoms with Crippen LogP contribution in [-0.4, -0.2) is 25.7 Å². The standard InChI is InChI=1S/C13H23N3O/c1-9-6-13(17-5)11(3)10(2)12(9)7-16(4)8-15-14/h6,15H,7-8,14H2,1-5H3. The number of hydrogen-bond donors (Lipinski definition) is 2. The summed E-state index contributed by atoms with van der Waals surface area (Å²) in [6.07, 6.45) is 0. The largest absolute Gasteiger partial charge is 0.496 e. The zero-order valence-corrected chi connectivity index (χ0v) is 11.4. The maximum Gasteiger partial charge on any atom is 0.122 e. The van der Waals surface area contributed by atoms with E-state index in [1.807, 2.05) is 7.05 Å². The SMILES string of the molecule is COc1cc(C)c(CN(C)CNN)c(C)c1C. The average Bonchev–Trinajstić information content (AvgIpc) is 2.29. The van der Waals surface area contributed by atoms with E-state index < -0.39 is 0 Å². The summed E-state index contributed by atoms with van der Waals surface area (Å²) in [7, 11) is 3.75. The van der Waals surface area contributed by atoms with Crippen LogP contribution in [0.2, 0.25) is 0 Å². The van der Waals surface area contributed by atoms with Crippen molar-refractivity contribution in [1.82, 2.24) is 10.3 Å². The number of rotatable bonds is 5. The molecule has 96 valence electrons. The Labute approximate surface area is 104 Å². The summed E-state index contributed by atoms with van der Waals surface area (Å²) in [5.74, 6) is 6.28. The molecule has 0 aromatic heterocycles. The minimum atomic E-state index is 0.671. The molecule has 0 atom stereocenters. The van der Waals surface area contributed by atoms with Gasteiger partial charge in [-0.1, -0.05) is 0 Å². The van der Waals surface area contributed by atoms with Gasteiger partial charge in [-0.05, 0) is 56.1 Å². The predicted molar refractivity (Wildman–Crippen MR) is 70.9 cm³/mol. The second kappa shape index (κ2) is 6.00. The molecule has 0 aliphatic carbocycles. The molecule has 17 heavy (non-hydrogen) atoms. The van der Waals surface area contributed by atoms with E-state index >= 15 is 0 Å². The molecule has 0 radical (unpaired) electrons. The number of hydrazine groups is 1. The van der Waals surface area contributed by atoms with E-state index in [4.69, 9.17) is 10.6 Å². The highest BCUT2D eigenvalue weighted by Crippen LogP contribution is 2.27. The quantitative estimate of drug-likeness (QED) is 0.462. The van der Waals surface area contributed by atoms with Gasteiger partial charge in [-0.3, -0.25) is 10.7 Å². The molecule has 1 aromatic carbocycles. The van der Waals surface area contributed by atoms with Crippen molar-refractivity contribution in [3.05, 3.63) is 28.3 Å². The minimum Gasteiger partial charge on any atom is -0.496 e. The maximum atomic E-state index is 5.37. The number of hydrogen-bond acceptors (Lipinski definition) is 4. The molecule has 0 fully saturated rings. The van der Waals surface area contributed by atoms with Gasteiger partial charge in [0.25, 0.3) is 0 Å². The second-order valence-electron chi connectivity index (χ2n) is 4.50. The lowest BCUT2D eigenvalue weighted by molar-refractivity contribution is 0.300. The third kappa shape index (κ3) is 3.19. The zero-order valence-electron chi connectivity index (χ0n) is 11.4. The van der Waals surface area contributed by atoms with Gasteiger partial charge >= 0.3 is 0 Å². The summed E-state index contributed by atoms with van der Waals surface area (Å²) < 4.78 is 5.37. The Kier molecular flexibility index (Phi) is 4.93. The van der Waals surface area contributed by atoms with Crippen LogP contribution >= 0.6 is 0 Å². The monoisotopic (exact) mass is 237 g/mol. The van der Waals surface area contributed by atoms with E-state index in [0.29, 0.717) is 6.67 Å². The molecule has 0 saturated heterocycles. The van der Waals surface area contributed by atoms with Gasteiger partial charge in [0.15, 0.2) is 0 Å². The van der Waals surface area contributed by atoms with Gasteiger partial charge in [-0.15, -0.1) is 0 Å². The number of nitrogens with zero attached hydrogens (tertiary/aromatic N) is 1. The molecule has 0 saturated carbocycles. The van der Waals surface area contributed by atoms with Crippen LogP contribution in [0.4, 0.5) is 0 Å². The minimum absolute atomic E-state index is 0.671. The summed E-state index contributed by atoms with van der Waals surface area (Å²) in [5, 5.41) is 0. The molecule has 0 spiro atoms. The summed E-state index contributed by atoms with van der Waals surface area (Å²) in [6.45, 7) is 7.91. The molecule has 0 amide bonds. The number of methoxy groups -OCH3 is 1. The van der Waals surface area contributed by atoms with Crippen molar-refractivity contribution in [2.24, 2.45) is 5.84 Å². The van der Waals surface area contributed by atoms with Crippen molar-refractivity contribution in [3.8, 4) is 5.75 Å². The van der Waals surface area contributed by atoms with Gasteiger partial charge in [-0.2, -0.15) is 0 Å². The molecular formula is C13H23N3O. The van der Waals surface area contributed by atoms with Crippen molar-refractivity contribution in [3.63, 3.8) is 0 Å². The van der Waals surface area contributed by atoms with E-state index in [1.54, 1.807) is 7.11 Å². The van der Waals surface area contributed by atoms with Crippen molar-refractivity contribution < 1.29 is 4.74 Å². The van der Waals surface area contributed by atoms with E-state index in [-0.39, 0.29) is 0 Å². The van der Waals surface area contributed by atoms with Gasteiger partial charge < -0.3 is 4.74 Å². The first kappa shape index (κ1) is 14.0. The lowest BCUT2D eigenvalue weighted by atomic mass is 9.97. The molecule has 4 heteroatoms. The first-order valence-electron chi connectivity index (χ1n) is 5.77. The first-order valence-corrected chi connectivity index (χ1v) is 5.77. The van der Waals surface area contributed by atoms with Gasteiger partial charge in [0.1, 0.15) is 5.75 Å². The Morgan fingerprint density at radius 2 is 1.94 bits per heavy atom. The van der Waals surface area contributed by atoms with Crippen molar-refractivity contribution in [1.29, 1.82) is 0 Å². The molecule has 0 unspecified atom stereocenters. The van der Waals surface area contributed by atoms with Gasteiger partial charge in [0, 0.05) is 6.54 Å². The van der Waals surface area contributed by atoms with E-state index in [1.165, 1.54) is 22.3 Å². The highest BCUT2D eigenvalue weighted by Gasteiger charge is 2.11. The number of nitrogens with two attached hydrogens (primary N) is 1. The van der Waals surface area contributed by atoms with Gasteiger partial charge in [0.2, 0.25) is 0 Å². The Morgan fingerprint density at radius 1 is 1.29 bits per heavy atom. The van der Waals surface area contributed by atoms with Crippen LogP contribution in [0, 0.1) is 20.8 Å². The maximum absolute atomic E-state index is 5.37. The molecule has 0 heterocycles. The molecular weight excluding hydrogens is 214 g/mol. The lowest BCUT2D eigenvalue weighted by Crippen LogP contribution is -2.35. The van der Waals surface area contributed by atoms with Crippen molar-refractivity contribution >= 4 is 0 Å². The topological polar surface area (TPSA) is 50.5 Å². The summed E-state index contributed by atoms with van der Waals surface area (Å²) in [5.41, 5.74) is 7.78. The Balaban J connectivity index is 3.04. The van der Waals surface area contributed by atoms with Crippen LogP contribution in [0.5, 0.6) is 5.75 Å². The molecule has 0 aliphatic rings. The Bertz CT molecular complexity index is 391. The van der Waals surface area contributed by atoms with Gasteiger partial charge in [-0.25, -0.2) is 5.43 Å². The smallest absolute Gasteiger partial charge is 0.122 e. The van der Waals surface area contributed by atoms with Crippen LogP contribution in [0.1, 0.15) is 22.3 Å². The third-order valence-electron chi connectivity index (χ3n) is 3.22. The van der Waals surface area contributed by atoms with Crippen LogP contribution < -0.4 is 16.0 Å². The van der Waals surface area contributed by atoms with Crippen molar-refractivity contribution in [2.45, 2.75) is 27.3 Å². The molecule has 0 aliphatic heterocycles. The van der Waals surface area contributed by atoms with E-state index in [2.05, 4.69) is 37.2 Å². The molecule has 0 bridgehead atoms. The Hall–Kier alpha value is -1.10. The number of nitrogens with one attached hydrogen (secondary N) is 1. The highest BCUT2D eigenvalue weighted by atomic mass is 16.5. The lowest BCUT2D eigenvalue weighted by Gasteiger charge is -2.21. The van der Waals surface area contributed by atoms with E-state index in [9.17, 15) is 0 Å². The molecule has 1 aromatic rings. The summed E-state index contributed by atoms with van der Waals surface area (Å²) in [6, 6.07) is 2.10. The molecule has 3 N–H and O–H groups in total. The number of aryl methyl sites for hydroxylation is 1. The summed E-state index contributed by atoms with van der Waals surface area (Å²) in [4.78, 5) is 2.14. The average molecular weight is 237 g/mol. The van der Waals surface area contributed by atoms with E-state index in [0.717, 1.165) is 12.3 Å². The first-order chi connectivity index (χ1) is 8.01. The molecule has 1 rings (SSSR count). The number of ether oxygens (including phenoxy) is 1. The summed E-state index contributed by atoms with van der Waals surface area (Å²) >= 11 is 0. The third-order valence-corrected chi connectivity index (χ3v) is 3.22. The normalized spacial score (nSPS) is 11.0. The fraction of sp³-hybridized carbons (Fsp3) is 0.538. The predicted octanol–water partition coefficient (Wildman–Crippen LogP) is 1.47. The van der Waals surface area contributed by atoms with Crippen LogP contribution in [0.15, 0.2) is 6.07 Å². The van der Waals surface area contributed by atoms with Crippen LogP contribution in [0.3, 0.4) is 0 Å². The second-order valence-corrected chi connectivity index (χ2v) is 4.50. The van der Waals surface area contributed by atoms with Crippen LogP contribution in [0.25, 0.3) is 0 Å².